The molecule has 0 aliphatic carbocycles. The summed E-state index contributed by atoms with van der Waals surface area (Å²) in [7, 11) is 0. The molecular weight excluding hydrogens is 488 g/mol. The fourth-order valence-corrected chi connectivity index (χ4v) is 4.89. The SMILES string of the molecule is CCc1ccc(N2C(=O)C(=O)/C(=C(\O)c3ccc(OCC(C)C)cc3)C2c2ccc(N(CC)CC)cc2)cc1. The number of aliphatic hydroxyl groups excluding tert-OH is 1. The van der Waals surface area contributed by atoms with Crippen LogP contribution in [0.1, 0.15) is 57.4 Å². The largest absolute Gasteiger partial charge is 0.507 e. The zero-order valence-electron chi connectivity index (χ0n) is 23.5. The molecule has 1 amide bonds. The van der Waals surface area contributed by atoms with Crippen molar-refractivity contribution < 1.29 is 19.4 Å². The number of anilines is 2. The van der Waals surface area contributed by atoms with Gasteiger partial charge >= 0.3 is 0 Å². The van der Waals surface area contributed by atoms with Crippen LogP contribution >= 0.6 is 0 Å². The molecular formula is C33H38N2O4. The van der Waals surface area contributed by atoms with Gasteiger partial charge in [0, 0.05) is 30.0 Å². The van der Waals surface area contributed by atoms with E-state index in [1.807, 2.05) is 48.5 Å². The van der Waals surface area contributed by atoms with Crippen LogP contribution in [0.2, 0.25) is 0 Å². The first-order chi connectivity index (χ1) is 18.8. The van der Waals surface area contributed by atoms with Crippen molar-refractivity contribution in [1.82, 2.24) is 0 Å². The van der Waals surface area contributed by atoms with Crippen molar-refractivity contribution in [2.45, 2.75) is 47.1 Å². The van der Waals surface area contributed by atoms with Crippen molar-refractivity contribution in [3.8, 4) is 5.75 Å². The van der Waals surface area contributed by atoms with Crippen molar-refractivity contribution >= 4 is 28.8 Å². The zero-order chi connectivity index (χ0) is 28.1. The summed E-state index contributed by atoms with van der Waals surface area (Å²) in [5.41, 5.74) is 4.09. The molecule has 0 bridgehead atoms. The average molecular weight is 527 g/mol. The summed E-state index contributed by atoms with van der Waals surface area (Å²) in [6, 6.07) is 21.7. The lowest BCUT2D eigenvalue weighted by Gasteiger charge is -2.27. The minimum atomic E-state index is -0.764. The van der Waals surface area contributed by atoms with Crippen molar-refractivity contribution in [1.29, 1.82) is 0 Å². The van der Waals surface area contributed by atoms with Crippen LogP contribution in [0.5, 0.6) is 5.75 Å². The van der Waals surface area contributed by atoms with E-state index < -0.39 is 17.7 Å². The predicted molar refractivity (Wildman–Crippen MR) is 157 cm³/mol. The number of ether oxygens (including phenoxy) is 1. The minimum Gasteiger partial charge on any atom is -0.507 e. The molecule has 1 aliphatic rings. The monoisotopic (exact) mass is 526 g/mol. The summed E-state index contributed by atoms with van der Waals surface area (Å²) in [6.45, 7) is 12.7. The maximum atomic E-state index is 13.5. The van der Waals surface area contributed by atoms with Gasteiger partial charge in [-0.1, -0.05) is 45.0 Å². The van der Waals surface area contributed by atoms with E-state index in [0.29, 0.717) is 29.5 Å². The van der Waals surface area contributed by atoms with E-state index in [-0.39, 0.29) is 11.3 Å². The Balaban J connectivity index is 1.80. The van der Waals surface area contributed by atoms with E-state index in [9.17, 15) is 14.7 Å². The molecule has 6 nitrogen and oxygen atoms in total. The summed E-state index contributed by atoms with van der Waals surface area (Å²) >= 11 is 0. The molecule has 4 rings (SSSR count). The van der Waals surface area contributed by atoms with Gasteiger partial charge in [0.1, 0.15) is 11.5 Å². The van der Waals surface area contributed by atoms with Gasteiger partial charge in [-0.2, -0.15) is 0 Å². The highest BCUT2D eigenvalue weighted by Crippen LogP contribution is 2.42. The topological polar surface area (TPSA) is 70.1 Å². The van der Waals surface area contributed by atoms with Gasteiger partial charge in [-0.05, 0) is 85.8 Å². The molecule has 0 saturated carbocycles. The molecule has 6 heteroatoms. The van der Waals surface area contributed by atoms with Gasteiger partial charge in [0.05, 0.1) is 18.2 Å². The Morgan fingerprint density at radius 1 is 0.897 bits per heavy atom. The Kier molecular flexibility index (Phi) is 8.75. The molecule has 0 spiro atoms. The van der Waals surface area contributed by atoms with Crippen LogP contribution in [0.3, 0.4) is 0 Å². The second-order valence-electron chi connectivity index (χ2n) is 10.2. The number of aryl methyl sites for hydroxylation is 1. The molecule has 1 N–H and O–H groups in total. The first kappa shape index (κ1) is 28.0. The first-order valence-corrected chi connectivity index (χ1v) is 13.8. The third-order valence-corrected chi connectivity index (χ3v) is 7.12. The second kappa shape index (κ2) is 12.2. The number of hydrogen-bond acceptors (Lipinski definition) is 5. The van der Waals surface area contributed by atoms with E-state index in [2.05, 4.69) is 39.5 Å². The maximum absolute atomic E-state index is 13.5. The molecule has 1 aliphatic heterocycles. The minimum absolute atomic E-state index is 0.0750. The van der Waals surface area contributed by atoms with Crippen molar-refractivity contribution in [2.24, 2.45) is 5.92 Å². The molecule has 1 heterocycles. The number of aliphatic hydroxyl groups is 1. The number of carbonyl (C=O) groups is 2. The quantitative estimate of drug-likeness (QED) is 0.180. The number of amides is 1. The number of ketones is 1. The van der Waals surface area contributed by atoms with Gasteiger partial charge in [0.25, 0.3) is 11.7 Å². The third kappa shape index (κ3) is 5.85. The third-order valence-electron chi connectivity index (χ3n) is 7.12. The lowest BCUT2D eigenvalue weighted by atomic mass is 9.94. The van der Waals surface area contributed by atoms with Crippen LogP contribution in [0, 0.1) is 5.92 Å². The van der Waals surface area contributed by atoms with Crippen LogP contribution in [-0.2, 0) is 16.0 Å². The molecule has 39 heavy (non-hydrogen) atoms. The van der Waals surface area contributed by atoms with Crippen molar-refractivity contribution in [3.05, 3.63) is 95.1 Å². The Morgan fingerprint density at radius 3 is 2.05 bits per heavy atom. The lowest BCUT2D eigenvalue weighted by molar-refractivity contribution is -0.132. The molecule has 3 aromatic carbocycles. The van der Waals surface area contributed by atoms with E-state index in [1.54, 1.807) is 24.3 Å². The van der Waals surface area contributed by atoms with Gasteiger partial charge in [0.15, 0.2) is 0 Å². The summed E-state index contributed by atoms with van der Waals surface area (Å²) in [4.78, 5) is 30.7. The molecule has 204 valence electrons. The number of hydrogen-bond donors (Lipinski definition) is 1. The van der Waals surface area contributed by atoms with Gasteiger partial charge in [0.2, 0.25) is 0 Å². The highest BCUT2D eigenvalue weighted by molar-refractivity contribution is 6.51. The molecule has 0 radical (unpaired) electrons. The van der Waals surface area contributed by atoms with Gasteiger partial charge < -0.3 is 14.7 Å². The van der Waals surface area contributed by atoms with Crippen LogP contribution in [0.15, 0.2) is 78.4 Å². The second-order valence-corrected chi connectivity index (χ2v) is 10.2. The van der Waals surface area contributed by atoms with Gasteiger partial charge in [-0.25, -0.2) is 0 Å². The Morgan fingerprint density at radius 2 is 1.51 bits per heavy atom. The van der Waals surface area contributed by atoms with Crippen LogP contribution in [-0.4, -0.2) is 36.5 Å². The standard InChI is InChI=1S/C33H38N2O4/c1-6-23-9-15-27(16-10-23)35-30(24-11-17-26(18-12-24)34(7-2)8-3)29(32(37)33(35)38)31(36)25-13-19-28(20-14-25)39-21-22(4)5/h9-20,22,30,36H,6-8,21H2,1-5H3/b31-29-. The summed E-state index contributed by atoms with van der Waals surface area (Å²) in [5.74, 6) is -0.497. The number of nitrogens with zero attached hydrogens (tertiary/aromatic N) is 2. The van der Waals surface area contributed by atoms with Crippen molar-refractivity contribution in [2.75, 3.05) is 29.5 Å². The van der Waals surface area contributed by atoms with Gasteiger partial charge in [-0.15, -0.1) is 0 Å². The molecule has 1 fully saturated rings. The average Bonchev–Trinajstić information content (AvgIpc) is 3.22. The Hall–Kier alpha value is -4.06. The molecule has 1 unspecified atom stereocenters. The maximum Gasteiger partial charge on any atom is 0.300 e. The molecule has 1 atom stereocenters. The lowest BCUT2D eigenvalue weighted by Crippen LogP contribution is -2.29. The van der Waals surface area contributed by atoms with Crippen LogP contribution in [0.4, 0.5) is 11.4 Å². The van der Waals surface area contributed by atoms with E-state index in [4.69, 9.17) is 4.74 Å². The smallest absolute Gasteiger partial charge is 0.300 e. The fourth-order valence-electron chi connectivity index (χ4n) is 4.89. The van der Waals surface area contributed by atoms with Crippen LogP contribution in [0.25, 0.3) is 5.76 Å². The number of carbonyl (C=O) groups excluding carboxylic acids is 2. The normalized spacial score (nSPS) is 16.7. The predicted octanol–water partition coefficient (Wildman–Crippen LogP) is 6.76. The summed E-state index contributed by atoms with van der Waals surface area (Å²) in [6.07, 6.45) is 0.867. The molecule has 3 aromatic rings. The Bertz CT molecular complexity index is 1320. The van der Waals surface area contributed by atoms with Crippen molar-refractivity contribution in [3.63, 3.8) is 0 Å². The van der Waals surface area contributed by atoms with E-state index >= 15 is 0 Å². The van der Waals surface area contributed by atoms with Crippen LogP contribution < -0.4 is 14.5 Å². The highest BCUT2D eigenvalue weighted by Gasteiger charge is 2.47. The highest BCUT2D eigenvalue weighted by atomic mass is 16.5. The van der Waals surface area contributed by atoms with E-state index in [1.165, 1.54) is 4.90 Å². The van der Waals surface area contributed by atoms with E-state index in [0.717, 1.165) is 36.3 Å². The summed E-state index contributed by atoms with van der Waals surface area (Å²) < 4.78 is 5.77. The van der Waals surface area contributed by atoms with Gasteiger partial charge in [-0.3, -0.25) is 14.5 Å². The molecule has 0 aromatic heterocycles. The first-order valence-electron chi connectivity index (χ1n) is 13.8. The summed E-state index contributed by atoms with van der Waals surface area (Å²) in [5, 5.41) is 11.4. The zero-order valence-corrected chi connectivity index (χ0v) is 23.5. The Labute approximate surface area is 231 Å². The molecule has 1 saturated heterocycles. The fraction of sp³-hybridized carbons (Fsp3) is 0.333. The number of rotatable bonds is 10. The number of Topliss-reactive ketones (excluding diaryl/α,β-unsaturated/α-hetero) is 1. The number of benzene rings is 3.